The molecule has 1 fully saturated rings. The van der Waals surface area contributed by atoms with Gasteiger partial charge in [-0.05, 0) is 49.7 Å². The van der Waals surface area contributed by atoms with Crippen LogP contribution in [0, 0.1) is 0 Å². The highest BCUT2D eigenvalue weighted by Crippen LogP contribution is 2.30. The van der Waals surface area contributed by atoms with Crippen molar-refractivity contribution in [3.05, 3.63) is 56.2 Å². The Morgan fingerprint density at radius 3 is 2.57 bits per heavy atom. The number of hydrogen-bond donors (Lipinski definition) is 1. The topological polar surface area (TPSA) is 32.3 Å². The van der Waals surface area contributed by atoms with Crippen LogP contribution in [0.5, 0.6) is 0 Å². The van der Waals surface area contributed by atoms with E-state index in [0.29, 0.717) is 15.8 Å². The van der Waals surface area contributed by atoms with Crippen LogP contribution >= 0.6 is 34.5 Å². The number of hydrogen-bond acceptors (Lipinski definition) is 3. The highest BCUT2D eigenvalue weighted by atomic mass is 35.5. The van der Waals surface area contributed by atoms with Crippen molar-refractivity contribution < 1.29 is 4.79 Å². The second-order valence-corrected chi connectivity index (χ2v) is 7.72. The van der Waals surface area contributed by atoms with Crippen LogP contribution in [0.15, 0.2) is 36.4 Å². The number of rotatable bonds is 5. The molecule has 1 amide bonds. The molecule has 1 saturated heterocycles. The van der Waals surface area contributed by atoms with Crippen LogP contribution < -0.4 is 5.32 Å². The molecule has 0 saturated carbocycles. The first-order valence-electron chi connectivity index (χ1n) is 7.67. The maximum atomic E-state index is 12.3. The molecule has 1 N–H and O–H groups in total. The zero-order valence-corrected chi connectivity index (χ0v) is 14.9. The minimum absolute atomic E-state index is 0.0850. The molecule has 2 heterocycles. The summed E-state index contributed by atoms with van der Waals surface area (Å²) in [5.74, 6) is -0.0850. The summed E-state index contributed by atoms with van der Waals surface area (Å²) in [6.07, 6.45) is 2.38. The summed E-state index contributed by atoms with van der Waals surface area (Å²) in [6.45, 7) is 2.62. The molecule has 0 unspecified atom stereocenters. The number of benzene rings is 1. The smallest absolute Gasteiger partial charge is 0.261 e. The van der Waals surface area contributed by atoms with Crippen molar-refractivity contribution in [2.45, 2.75) is 18.9 Å². The average molecular weight is 369 g/mol. The Morgan fingerprint density at radius 1 is 1.17 bits per heavy atom. The first kappa shape index (κ1) is 16.8. The van der Waals surface area contributed by atoms with Crippen LogP contribution in [0.2, 0.25) is 9.36 Å². The molecule has 6 heteroatoms. The van der Waals surface area contributed by atoms with Crippen LogP contribution in [-0.2, 0) is 0 Å². The molecule has 0 bridgehead atoms. The van der Waals surface area contributed by atoms with E-state index in [0.717, 1.165) is 23.7 Å². The summed E-state index contributed by atoms with van der Waals surface area (Å²) in [6, 6.07) is 11.5. The monoisotopic (exact) mass is 368 g/mol. The Hall–Kier alpha value is -1.07. The van der Waals surface area contributed by atoms with E-state index in [-0.39, 0.29) is 11.9 Å². The standard InChI is InChI=1S/C17H18Cl2N2OS/c18-13-6-2-1-5-12(13)14(21-9-3-4-10-21)11-20-17(22)15-7-8-16(19)23-15/h1-2,5-8,14H,3-4,9-11H2,(H,20,22)/t14-/m0/s1. The van der Waals surface area contributed by atoms with Gasteiger partial charge in [0.25, 0.3) is 5.91 Å². The van der Waals surface area contributed by atoms with Crippen molar-refractivity contribution >= 4 is 40.4 Å². The lowest BCUT2D eigenvalue weighted by Crippen LogP contribution is -2.36. The molecule has 0 spiro atoms. The fourth-order valence-electron chi connectivity index (χ4n) is 2.95. The predicted octanol–water partition coefficient (Wildman–Crippen LogP) is 4.62. The highest BCUT2D eigenvalue weighted by Gasteiger charge is 2.25. The molecule has 3 nitrogen and oxygen atoms in total. The summed E-state index contributed by atoms with van der Waals surface area (Å²) in [5.41, 5.74) is 1.07. The van der Waals surface area contributed by atoms with E-state index in [4.69, 9.17) is 23.2 Å². The van der Waals surface area contributed by atoms with Crippen LogP contribution in [0.3, 0.4) is 0 Å². The van der Waals surface area contributed by atoms with Gasteiger partial charge in [-0.25, -0.2) is 0 Å². The lowest BCUT2D eigenvalue weighted by molar-refractivity contribution is 0.0942. The van der Waals surface area contributed by atoms with Gasteiger partial charge in [0, 0.05) is 11.6 Å². The molecule has 1 aliphatic rings. The number of likely N-dealkylation sites (tertiary alicyclic amines) is 1. The number of nitrogens with one attached hydrogen (secondary N) is 1. The quantitative estimate of drug-likeness (QED) is 0.834. The van der Waals surface area contributed by atoms with Gasteiger partial charge in [0.15, 0.2) is 0 Å². The van der Waals surface area contributed by atoms with Gasteiger partial charge >= 0.3 is 0 Å². The molecular formula is C17H18Cl2N2OS. The second kappa shape index (κ2) is 7.67. The summed E-state index contributed by atoms with van der Waals surface area (Å²) in [7, 11) is 0. The Balaban J connectivity index is 1.74. The number of halogens is 2. The third-order valence-corrected chi connectivity index (χ3v) is 5.67. The van der Waals surface area contributed by atoms with Gasteiger partial charge < -0.3 is 5.32 Å². The molecule has 122 valence electrons. The number of thiophene rings is 1. The number of nitrogens with zero attached hydrogens (tertiary/aromatic N) is 1. The second-order valence-electron chi connectivity index (χ2n) is 5.59. The normalized spacial score (nSPS) is 16.4. The number of carbonyl (C=O) groups is 1. The zero-order chi connectivity index (χ0) is 16.2. The molecule has 1 aliphatic heterocycles. The van der Waals surface area contributed by atoms with Crippen LogP contribution in [0.4, 0.5) is 0 Å². The van der Waals surface area contributed by atoms with Gasteiger partial charge in [-0.3, -0.25) is 9.69 Å². The van der Waals surface area contributed by atoms with E-state index in [1.807, 2.05) is 24.3 Å². The summed E-state index contributed by atoms with van der Waals surface area (Å²) < 4.78 is 0.623. The molecular weight excluding hydrogens is 351 g/mol. The van der Waals surface area contributed by atoms with E-state index in [1.54, 1.807) is 12.1 Å². The largest absolute Gasteiger partial charge is 0.349 e. The van der Waals surface area contributed by atoms with Gasteiger partial charge in [-0.1, -0.05) is 41.4 Å². The molecule has 1 aromatic heterocycles. The third-order valence-electron chi connectivity index (χ3n) is 4.10. The number of amides is 1. The van der Waals surface area contributed by atoms with Gasteiger partial charge in [0.2, 0.25) is 0 Å². The van der Waals surface area contributed by atoms with E-state index in [1.165, 1.54) is 24.2 Å². The lowest BCUT2D eigenvalue weighted by Gasteiger charge is -2.28. The maximum Gasteiger partial charge on any atom is 0.261 e. The van der Waals surface area contributed by atoms with Crippen molar-refractivity contribution in [3.63, 3.8) is 0 Å². The number of carbonyl (C=O) groups excluding carboxylic acids is 1. The Morgan fingerprint density at radius 2 is 1.91 bits per heavy atom. The molecule has 23 heavy (non-hydrogen) atoms. The first-order chi connectivity index (χ1) is 11.1. The zero-order valence-electron chi connectivity index (χ0n) is 12.6. The van der Waals surface area contributed by atoms with Crippen LogP contribution in [0.25, 0.3) is 0 Å². The van der Waals surface area contributed by atoms with E-state index < -0.39 is 0 Å². The fraction of sp³-hybridized carbons (Fsp3) is 0.353. The van der Waals surface area contributed by atoms with Crippen molar-refractivity contribution in [2.75, 3.05) is 19.6 Å². The van der Waals surface area contributed by atoms with Gasteiger partial charge in [-0.15, -0.1) is 11.3 Å². The average Bonchev–Trinajstić information content (AvgIpc) is 3.21. The molecule has 0 radical (unpaired) electrons. The Kier molecular flexibility index (Phi) is 5.59. The lowest BCUT2D eigenvalue weighted by atomic mass is 10.1. The molecule has 2 aromatic rings. The van der Waals surface area contributed by atoms with Crippen molar-refractivity contribution in [2.24, 2.45) is 0 Å². The van der Waals surface area contributed by atoms with Crippen LogP contribution in [-0.4, -0.2) is 30.4 Å². The summed E-state index contributed by atoms with van der Waals surface area (Å²) in [5, 5.41) is 3.78. The summed E-state index contributed by atoms with van der Waals surface area (Å²) in [4.78, 5) is 15.3. The van der Waals surface area contributed by atoms with Gasteiger partial charge in [0.05, 0.1) is 15.3 Å². The van der Waals surface area contributed by atoms with E-state index in [2.05, 4.69) is 10.2 Å². The highest BCUT2D eigenvalue weighted by molar-refractivity contribution is 7.17. The van der Waals surface area contributed by atoms with E-state index >= 15 is 0 Å². The molecule has 1 aromatic carbocycles. The van der Waals surface area contributed by atoms with Crippen LogP contribution in [0.1, 0.15) is 34.1 Å². The van der Waals surface area contributed by atoms with Gasteiger partial charge in [0.1, 0.15) is 0 Å². The van der Waals surface area contributed by atoms with Crippen molar-refractivity contribution in [1.29, 1.82) is 0 Å². The molecule has 3 rings (SSSR count). The summed E-state index contributed by atoms with van der Waals surface area (Å²) >= 11 is 13.6. The van der Waals surface area contributed by atoms with Crippen molar-refractivity contribution in [3.8, 4) is 0 Å². The minimum atomic E-state index is -0.0850. The van der Waals surface area contributed by atoms with E-state index in [9.17, 15) is 4.79 Å². The Bertz CT molecular complexity index is 683. The molecule has 0 aliphatic carbocycles. The van der Waals surface area contributed by atoms with Gasteiger partial charge in [-0.2, -0.15) is 0 Å². The maximum absolute atomic E-state index is 12.3. The fourth-order valence-corrected chi connectivity index (χ4v) is 4.17. The minimum Gasteiger partial charge on any atom is -0.349 e. The predicted molar refractivity (Wildman–Crippen MR) is 96.7 cm³/mol. The van der Waals surface area contributed by atoms with Crippen molar-refractivity contribution in [1.82, 2.24) is 10.2 Å². The first-order valence-corrected chi connectivity index (χ1v) is 9.24. The molecule has 1 atom stereocenters. The SMILES string of the molecule is O=C(NC[C@@H](c1ccccc1Cl)N1CCCC1)c1ccc(Cl)s1. The Labute approximate surface area is 150 Å². The third kappa shape index (κ3) is 4.07.